The molecular weight excluding hydrogens is 379 g/mol. The number of rotatable bonds is 5. The van der Waals surface area contributed by atoms with E-state index in [0.29, 0.717) is 32.8 Å². The normalized spacial score (nSPS) is 11.2. The van der Waals surface area contributed by atoms with Gasteiger partial charge in [0.05, 0.1) is 22.9 Å². The smallest absolute Gasteiger partial charge is 0.216 e. The molecule has 0 saturated carbocycles. The molecule has 5 nitrogen and oxygen atoms in total. The van der Waals surface area contributed by atoms with Crippen LogP contribution in [-0.4, -0.2) is 27.7 Å². The number of ether oxygens (including phenoxy) is 1. The zero-order chi connectivity index (χ0) is 17.8. The van der Waals surface area contributed by atoms with Crippen LogP contribution in [0.3, 0.4) is 0 Å². The largest absolute Gasteiger partial charge is 0.494 e. The molecule has 0 fully saturated rings. The first kappa shape index (κ1) is 17.7. The van der Waals surface area contributed by atoms with Gasteiger partial charge in [0.1, 0.15) is 5.75 Å². The third-order valence-corrected chi connectivity index (χ3v) is 4.30. The van der Waals surface area contributed by atoms with Crippen LogP contribution in [0.1, 0.15) is 12.5 Å². The first-order valence-electron chi connectivity index (χ1n) is 7.49. The molecule has 3 rings (SSSR count). The highest BCUT2D eigenvalue weighted by molar-refractivity contribution is 7.71. The highest BCUT2D eigenvalue weighted by atomic mass is 35.5. The molecule has 3 aromatic rings. The summed E-state index contributed by atoms with van der Waals surface area (Å²) in [6.07, 6.45) is 1.56. The van der Waals surface area contributed by atoms with Gasteiger partial charge >= 0.3 is 0 Å². The Morgan fingerprint density at radius 2 is 1.88 bits per heavy atom. The zero-order valence-electron chi connectivity index (χ0n) is 13.2. The maximum absolute atomic E-state index is 6.17. The van der Waals surface area contributed by atoms with Crippen LogP contribution in [0, 0.1) is 4.77 Å². The summed E-state index contributed by atoms with van der Waals surface area (Å²) in [5, 5.41) is 12.4. The van der Waals surface area contributed by atoms with Gasteiger partial charge in [-0.1, -0.05) is 29.3 Å². The van der Waals surface area contributed by atoms with E-state index in [9.17, 15) is 0 Å². The highest BCUT2D eigenvalue weighted by Crippen LogP contribution is 2.24. The number of nitrogens with one attached hydrogen (secondary N) is 1. The van der Waals surface area contributed by atoms with E-state index >= 15 is 0 Å². The van der Waals surface area contributed by atoms with E-state index in [1.54, 1.807) is 24.4 Å². The van der Waals surface area contributed by atoms with Crippen molar-refractivity contribution in [1.29, 1.82) is 0 Å². The lowest BCUT2D eigenvalue weighted by atomic mass is 10.2. The van der Waals surface area contributed by atoms with Gasteiger partial charge in [-0.15, -0.1) is 0 Å². The number of benzene rings is 2. The second-order valence-corrected chi connectivity index (χ2v) is 6.20. The predicted molar refractivity (Wildman–Crippen MR) is 103 cm³/mol. The van der Waals surface area contributed by atoms with Crippen LogP contribution in [-0.2, 0) is 0 Å². The van der Waals surface area contributed by atoms with Gasteiger partial charge in [-0.2, -0.15) is 14.9 Å². The fraction of sp³-hybridized carbons (Fsp3) is 0.118. The van der Waals surface area contributed by atoms with Gasteiger partial charge in [-0.25, -0.2) is 5.10 Å². The zero-order valence-corrected chi connectivity index (χ0v) is 15.6. The number of hydrogen-bond acceptors (Lipinski definition) is 4. The van der Waals surface area contributed by atoms with Crippen LogP contribution in [0.15, 0.2) is 47.6 Å². The van der Waals surface area contributed by atoms with Gasteiger partial charge in [-0.05, 0) is 55.5 Å². The summed E-state index contributed by atoms with van der Waals surface area (Å²) in [4.78, 5) is 0. The average molecular weight is 393 g/mol. The van der Waals surface area contributed by atoms with E-state index < -0.39 is 0 Å². The molecule has 0 unspecified atom stereocenters. The average Bonchev–Trinajstić information content (AvgIpc) is 2.96. The Hall–Kier alpha value is -2.15. The topological polar surface area (TPSA) is 55.2 Å². The van der Waals surface area contributed by atoms with Crippen molar-refractivity contribution in [2.24, 2.45) is 5.10 Å². The fourth-order valence-corrected chi connectivity index (χ4v) is 2.88. The Labute approximate surface area is 159 Å². The lowest BCUT2D eigenvalue weighted by Crippen LogP contribution is -1.96. The third-order valence-electron chi connectivity index (χ3n) is 3.38. The number of nitrogens with zero attached hydrogens (tertiary/aromatic N) is 3. The van der Waals surface area contributed by atoms with Crippen molar-refractivity contribution in [3.8, 4) is 17.1 Å². The van der Waals surface area contributed by atoms with Gasteiger partial charge in [0.25, 0.3) is 0 Å². The van der Waals surface area contributed by atoms with Crippen LogP contribution >= 0.6 is 35.4 Å². The van der Waals surface area contributed by atoms with Crippen molar-refractivity contribution >= 4 is 41.6 Å². The SMILES string of the molecule is CCOc1ccc(-c2n[nH]c(=S)n2/N=C\c2c(Cl)cccc2Cl)cc1. The van der Waals surface area contributed by atoms with Crippen LogP contribution < -0.4 is 4.74 Å². The quantitative estimate of drug-likeness (QED) is 0.479. The molecule has 0 spiro atoms. The summed E-state index contributed by atoms with van der Waals surface area (Å²) in [5.74, 6) is 1.37. The minimum absolute atomic E-state index is 0.364. The van der Waals surface area contributed by atoms with Gasteiger partial charge in [0, 0.05) is 11.1 Å². The van der Waals surface area contributed by atoms with E-state index in [1.165, 1.54) is 4.68 Å². The molecule has 0 radical (unpaired) electrons. The first-order chi connectivity index (χ1) is 12.1. The number of halogens is 2. The van der Waals surface area contributed by atoms with Crippen LogP contribution in [0.25, 0.3) is 11.4 Å². The minimum Gasteiger partial charge on any atom is -0.494 e. The molecule has 0 bridgehead atoms. The Balaban J connectivity index is 1.97. The monoisotopic (exact) mass is 392 g/mol. The molecule has 0 aliphatic heterocycles. The summed E-state index contributed by atoms with van der Waals surface area (Å²) in [6, 6.07) is 12.8. The summed E-state index contributed by atoms with van der Waals surface area (Å²) in [6.45, 7) is 2.55. The highest BCUT2D eigenvalue weighted by Gasteiger charge is 2.09. The molecule has 8 heteroatoms. The Morgan fingerprint density at radius 3 is 2.52 bits per heavy atom. The van der Waals surface area contributed by atoms with Crippen LogP contribution in [0.4, 0.5) is 0 Å². The molecular formula is C17H14Cl2N4OS. The lowest BCUT2D eigenvalue weighted by Gasteiger charge is -2.05. The molecule has 0 saturated heterocycles. The number of aromatic nitrogens is 3. The third kappa shape index (κ3) is 3.92. The number of aromatic amines is 1. The molecule has 0 aliphatic carbocycles. The molecule has 0 amide bonds. The van der Waals surface area contributed by atoms with Gasteiger partial charge < -0.3 is 4.74 Å². The molecule has 0 atom stereocenters. The molecule has 1 heterocycles. The number of hydrogen-bond donors (Lipinski definition) is 1. The molecule has 1 N–H and O–H groups in total. The van der Waals surface area contributed by atoms with Crippen molar-refractivity contribution < 1.29 is 4.74 Å². The van der Waals surface area contributed by atoms with Crippen molar-refractivity contribution in [3.05, 3.63) is 62.8 Å². The van der Waals surface area contributed by atoms with Crippen molar-refractivity contribution in [3.63, 3.8) is 0 Å². The number of H-pyrrole nitrogens is 1. The first-order valence-corrected chi connectivity index (χ1v) is 8.65. The summed E-state index contributed by atoms with van der Waals surface area (Å²) >= 11 is 17.6. The molecule has 1 aromatic heterocycles. The van der Waals surface area contributed by atoms with Crippen molar-refractivity contribution in [2.45, 2.75) is 6.92 Å². The van der Waals surface area contributed by atoms with Crippen molar-refractivity contribution in [1.82, 2.24) is 14.9 Å². The predicted octanol–water partition coefficient (Wildman–Crippen LogP) is 5.20. The maximum atomic E-state index is 6.17. The Bertz CT molecular complexity index is 943. The molecule has 128 valence electrons. The van der Waals surface area contributed by atoms with E-state index in [0.717, 1.165) is 11.3 Å². The van der Waals surface area contributed by atoms with E-state index in [-0.39, 0.29) is 0 Å². The van der Waals surface area contributed by atoms with Gasteiger partial charge in [0.15, 0.2) is 5.82 Å². The Kier molecular flexibility index (Phi) is 5.53. The second kappa shape index (κ2) is 7.82. The lowest BCUT2D eigenvalue weighted by molar-refractivity contribution is 0.340. The maximum Gasteiger partial charge on any atom is 0.216 e. The van der Waals surface area contributed by atoms with Crippen LogP contribution in [0.2, 0.25) is 10.0 Å². The summed E-state index contributed by atoms with van der Waals surface area (Å²) < 4.78 is 7.33. The second-order valence-electron chi connectivity index (χ2n) is 5.00. The summed E-state index contributed by atoms with van der Waals surface area (Å²) in [7, 11) is 0. The minimum atomic E-state index is 0.364. The molecule has 25 heavy (non-hydrogen) atoms. The van der Waals surface area contributed by atoms with Crippen LogP contribution in [0.5, 0.6) is 5.75 Å². The van der Waals surface area contributed by atoms with Crippen molar-refractivity contribution in [2.75, 3.05) is 6.61 Å². The van der Waals surface area contributed by atoms with E-state index in [2.05, 4.69) is 15.3 Å². The van der Waals surface area contributed by atoms with E-state index in [1.807, 2.05) is 31.2 Å². The molecule has 0 aliphatic rings. The summed E-state index contributed by atoms with van der Waals surface area (Å²) in [5.41, 5.74) is 1.46. The van der Waals surface area contributed by atoms with Gasteiger partial charge in [0.2, 0.25) is 4.77 Å². The fourth-order valence-electron chi connectivity index (χ4n) is 2.20. The Morgan fingerprint density at radius 1 is 1.20 bits per heavy atom. The van der Waals surface area contributed by atoms with E-state index in [4.69, 9.17) is 40.2 Å². The molecule has 2 aromatic carbocycles. The standard InChI is InChI=1S/C17H14Cl2N4OS/c1-2-24-12-8-6-11(7-9-12)16-21-22-17(25)23(16)20-10-13-14(18)4-3-5-15(13)19/h3-10H,2H2,1H3,(H,22,25)/b20-10-. The van der Waals surface area contributed by atoms with Gasteiger partial charge in [-0.3, -0.25) is 0 Å².